The van der Waals surface area contributed by atoms with E-state index in [2.05, 4.69) is 4.74 Å². The predicted octanol–water partition coefficient (Wildman–Crippen LogP) is 2.59. The van der Waals surface area contributed by atoms with Crippen molar-refractivity contribution in [3.63, 3.8) is 0 Å². The molecule has 0 amide bonds. The Kier molecular flexibility index (Phi) is 4.88. The lowest BCUT2D eigenvalue weighted by Crippen LogP contribution is -2.10. The van der Waals surface area contributed by atoms with Crippen LogP contribution in [0.2, 0.25) is 5.02 Å². The van der Waals surface area contributed by atoms with Crippen LogP contribution in [0.1, 0.15) is 10.4 Å². The average molecular weight is 289 g/mol. The van der Waals surface area contributed by atoms with E-state index < -0.39 is 0 Å². The molecule has 6 heteroatoms. The molecule has 1 aromatic rings. The van der Waals surface area contributed by atoms with Crippen LogP contribution in [-0.4, -0.2) is 38.3 Å². The molecule has 2 rings (SSSR count). The molecule has 98 valence electrons. The van der Waals surface area contributed by atoms with Gasteiger partial charge in [-0.15, -0.1) is 11.8 Å². The van der Waals surface area contributed by atoms with E-state index in [1.807, 2.05) is 0 Å². The van der Waals surface area contributed by atoms with Crippen LogP contribution in [0.5, 0.6) is 0 Å². The lowest BCUT2D eigenvalue weighted by molar-refractivity contribution is -0.0214. The second-order valence-corrected chi connectivity index (χ2v) is 5.09. The summed E-state index contributed by atoms with van der Waals surface area (Å²) >= 11 is 7.57. The fraction of sp³-hybridized carbons (Fsp3) is 0.417. The van der Waals surface area contributed by atoms with Crippen molar-refractivity contribution in [2.45, 2.75) is 11.2 Å². The SMILES string of the molecule is COC(=O)c1ccc(Cl)c(SCC2OCCO2)c1. The third-order valence-electron chi connectivity index (χ3n) is 2.42. The van der Waals surface area contributed by atoms with Crippen molar-refractivity contribution in [1.82, 2.24) is 0 Å². The summed E-state index contributed by atoms with van der Waals surface area (Å²) in [6.07, 6.45) is -0.201. The maximum Gasteiger partial charge on any atom is 0.337 e. The zero-order valence-corrected chi connectivity index (χ0v) is 11.4. The summed E-state index contributed by atoms with van der Waals surface area (Å²) < 4.78 is 15.3. The first-order chi connectivity index (χ1) is 8.70. The molecule has 0 aromatic heterocycles. The van der Waals surface area contributed by atoms with Crippen LogP contribution in [-0.2, 0) is 14.2 Å². The second kappa shape index (κ2) is 6.43. The molecule has 4 nitrogen and oxygen atoms in total. The lowest BCUT2D eigenvalue weighted by Gasteiger charge is -2.10. The van der Waals surface area contributed by atoms with Crippen LogP contribution in [0.3, 0.4) is 0 Å². The van der Waals surface area contributed by atoms with E-state index in [0.29, 0.717) is 29.6 Å². The molecule has 0 spiro atoms. The number of benzene rings is 1. The van der Waals surface area contributed by atoms with Crippen molar-refractivity contribution >= 4 is 29.3 Å². The second-order valence-electron chi connectivity index (χ2n) is 3.62. The van der Waals surface area contributed by atoms with Crippen LogP contribution >= 0.6 is 23.4 Å². The van der Waals surface area contributed by atoms with Crippen LogP contribution in [0.15, 0.2) is 23.1 Å². The minimum atomic E-state index is -0.373. The Balaban J connectivity index is 2.03. The monoisotopic (exact) mass is 288 g/mol. The largest absolute Gasteiger partial charge is 0.465 e. The molecule has 0 atom stereocenters. The highest BCUT2D eigenvalue weighted by Crippen LogP contribution is 2.29. The summed E-state index contributed by atoms with van der Waals surface area (Å²) in [6.45, 7) is 1.25. The van der Waals surface area contributed by atoms with E-state index in [-0.39, 0.29) is 12.3 Å². The maximum absolute atomic E-state index is 11.4. The Morgan fingerprint density at radius 3 is 2.89 bits per heavy atom. The Labute approximate surface area is 115 Å². The highest BCUT2D eigenvalue weighted by atomic mass is 35.5. The minimum Gasteiger partial charge on any atom is -0.465 e. The molecule has 0 radical (unpaired) electrons. The molecule has 0 saturated carbocycles. The number of rotatable bonds is 4. The molecule has 0 unspecified atom stereocenters. The standard InChI is InChI=1S/C12H13ClO4S/c1-15-12(14)8-2-3-9(13)10(6-8)18-7-11-16-4-5-17-11/h2-3,6,11H,4-5,7H2,1H3. The highest BCUT2D eigenvalue weighted by Gasteiger charge is 2.17. The van der Waals surface area contributed by atoms with Crippen LogP contribution < -0.4 is 0 Å². The van der Waals surface area contributed by atoms with Crippen molar-refractivity contribution in [2.75, 3.05) is 26.1 Å². The van der Waals surface area contributed by atoms with E-state index in [9.17, 15) is 4.79 Å². The summed E-state index contributed by atoms with van der Waals surface area (Å²) in [5.74, 6) is 0.270. The smallest absolute Gasteiger partial charge is 0.337 e. The van der Waals surface area contributed by atoms with Gasteiger partial charge in [0.15, 0.2) is 6.29 Å². The van der Waals surface area contributed by atoms with Crippen molar-refractivity contribution in [3.8, 4) is 0 Å². The number of esters is 1. The van der Waals surface area contributed by atoms with E-state index in [1.165, 1.54) is 18.9 Å². The van der Waals surface area contributed by atoms with Gasteiger partial charge in [0.1, 0.15) is 0 Å². The zero-order chi connectivity index (χ0) is 13.0. The zero-order valence-electron chi connectivity index (χ0n) is 9.85. The number of methoxy groups -OCH3 is 1. The number of hydrogen-bond acceptors (Lipinski definition) is 5. The van der Waals surface area contributed by atoms with Gasteiger partial charge in [-0.3, -0.25) is 0 Å². The van der Waals surface area contributed by atoms with Gasteiger partial charge in [-0.1, -0.05) is 11.6 Å². The molecule has 1 saturated heterocycles. The fourth-order valence-electron chi connectivity index (χ4n) is 1.52. The van der Waals surface area contributed by atoms with Gasteiger partial charge in [0, 0.05) is 10.6 Å². The van der Waals surface area contributed by atoms with Gasteiger partial charge in [0.05, 0.1) is 30.9 Å². The maximum atomic E-state index is 11.4. The Morgan fingerprint density at radius 2 is 2.22 bits per heavy atom. The van der Waals surface area contributed by atoms with Gasteiger partial charge in [-0.05, 0) is 18.2 Å². The van der Waals surface area contributed by atoms with Crippen molar-refractivity contribution in [2.24, 2.45) is 0 Å². The number of halogens is 1. The Bertz CT molecular complexity index is 432. The molecule has 1 aliphatic rings. The molecule has 0 N–H and O–H groups in total. The van der Waals surface area contributed by atoms with Gasteiger partial charge in [0.2, 0.25) is 0 Å². The van der Waals surface area contributed by atoms with Gasteiger partial charge < -0.3 is 14.2 Å². The Morgan fingerprint density at radius 1 is 1.50 bits per heavy atom. The predicted molar refractivity (Wildman–Crippen MR) is 69.2 cm³/mol. The van der Waals surface area contributed by atoms with Crippen molar-refractivity contribution < 1.29 is 19.0 Å². The fourth-order valence-corrected chi connectivity index (χ4v) is 2.73. The van der Waals surface area contributed by atoms with Crippen LogP contribution in [0, 0.1) is 0 Å². The molecular weight excluding hydrogens is 276 g/mol. The average Bonchev–Trinajstić information content (AvgIpc) is 2.90. The normalized spacial score (nSPS) is 15.9. The van der Waals surface area contributed by atoms with Gasteiger partial charge in [-0.25, -0.2) is 4.79 Å². The van der Waals surface area contributed by atoms with E-state index in [4.69, 9.17) is 21.1 Å². The highest BCUT2D eigenvalue weighted by molar-refractivity contribution is 7.99. The molecule has 1 heterocycles. The summed E-state index contributed by atoms with van der Waals surface area (Å²) in [7, 11) is 1.35. The van der Waals surface area contributed by atoms with E-state index >= 15 is 0 Å². The summed E-state index contributed by atoms with van der Waals surface area (Å²) in [4.78, 5) is 12.2. The molecule has 0 bridgehead atoms. The summed E-state index contributed by atoms with van der Waals surface area (Å²) in [5, 5.41) is 0.602. The summed E-state index contributed by atoms with van der Waals surface area (Å²) in [5.41, 5.74) is 0.484. The first-order valence-electron chi connectivity index (χ1n) is 5.44. The third kappa shape index (κ3) is 3.38. The third-order valence-corrected chi connectivity index (χ3v) is 3.95. The number of ether oxygens (including phenoxy) is 3. The van der Waals surface area contributed by atoms with Gasteiger partial charge in [-0.2, -0.15) is 0 Å². The number of hydrogen-bond donors (Lipinski definition) is 0. The number of thioether (sulfide) groups is 1. The van der Waals surface area contributed by atoms with E-state index in [0.717, 1.165) is 4.90 Å². The van der Waals surface area contributed by atoms with Crippen LogP contribution in [0.4, 0.5) is 0 Å². The van der Waals surface area contributed by atoms with Gasteiger partial charge in [0.25, 0.3) is 0 Å². The van der Waals surface area contributed by atoms with Gasteiger partial charge >= 0.3 is 5.97 Å². The van der Waals surface area contributed by atoms with Crippen molar-refractivity contribution in [3.05, 3.63) is 28.8 Å². The van der Waals surface area contributed by atoms with E-state index in [1.54, 1.807) is 18.2 Å². The lowest BCUT2D eigenvalue weighted by atomic mass is 10.2. The molecule has 0 aliphatic carbocycles. The molecule has 1 fully saturated rings. The molecule has 1 aromatic carbocycles. The topological polar surface area (TPSA) is 44.8 Å². The first-order valence-corrected chi connectivity index (χ1v) is 6.81. The first kappa shape index (κ1) is 13.7. The molecule has 18 heavy (non-hydrogen) atoms. The minimum absolute atomic E-state index is 0.201. The van der Waals surface area contributed by atoms with Crippen molar-refractivity contribution in [1.29, 1.82) is 0 Å². The molecular formula is C12H13ClO4S. The quantitative estimate of drug-likeness (QED) is 0.629. The number of carbonyl (C=O) groups excluding carboxylic acids is 1. The number of carbonyl (C=O) groups is 1. The summed E-state index contributed by atoms with van der Waals surface area (Å²) in [6, 6.07) is 5.04. The Hall–Kier alpha value is -0.750. The van der Waals surface area contributed by atoms with Crippen LogP contribution in [0.25, 0.3) is 0 Å². The molecule has 1 aliphatic heterocycles.